The van der Waals surface area contributed by atoms with E-state index in [1.54, 1.807) is 18.7 Å². The molecule has 6 aliphatic rings. The van der Waals surface area contributed by atoms with Crippen LogP contribution < -0.4 is 16.0 Å². The maximum atomic E-state index is 11.4. The van der Waals surface area contributed by atoms with E-state index in [9.17, 15) is 43.7 Å². The number of aliphatic hydroxyl groups excluding tert-OH is 4. The van der Waals surface area contributed by atoms with E-state index in [0.29, 0.717) is 36.0 Å². The van der Waals surface area contributed by atoms with Gasteiger partial charge in [-0.05, 0) is 26.7 Å². The summed E-state index contributed by atoms with van der Waals surface area (Å²) >= 11 is 0. The summed E-state index contributed by atoms with van der Waals surface area (Å²) in [5, 5.41) is 48.4. The molecule has 0 bridgehead atoms. The number of rotatable bonds is 20. The molecule has 36 heteroatoms. The Balaban J connectivity index is 0.000000216. The maximum Gasteiger partial charge on any atom is 0.469 e. The van der Waals surface area contributed by atoms with E-state index in [4.69, 9.17) is 57.8 Å². The Morgan fingerprint density at radius 2 is 1.17 bits per heavy atom. The van der Waals surface area contributed by atoms with Crippen LogP contribution in [0.2, 0.25) is 0 Å². The second-order valence-corrected chi connectivity index (χ2v) is 21.4. The summed E-state index contributed by atoms with van der Waals surface area (Å²) in [5.74, 6) is -0.651. The highest BCUT2D eigenvalue weighted by molar-refractivity contribution is 7.46. The van der Waals surface area contributed by atoms with Crippen LogP contribution in [0.1, 0.15) is 53.7 Å². The number of ether oxygens (including phenoxy) is 6. The number of phosphoric acid groups is 3. The molecule has 77 heavy (non-hydrogen) atoms. The number of phosphoric ester groups is 3. The summed E-state index contributed by atoms with van der Waals surface area (Å²) in [6, 6.07) is 0. The third kappa shape index (κ3) is 17.4. The van der Waals surface area contributed by atoms with Gasteiger partial charge in [-0.1, -0.05) is 33.9 Å². The van der Waals surface area contributed by atoms with Gasteiger partial charge in [0.1, 0.15) is 72.9 Å². The Morgan fingerprint density at radius 1 is 0.688 bits per heavy atom. The largest absolute Gasteiger partial charge is 0.469 e. The van der Waals surface area contributed by atoms with E-state index in [0.717, 1.165) is 25.9 Å². The molecule has 0 aromatic carbocycles. The minimum Gasteiger partial charge on any atom is -0.387 e. The van der Waals surface area contributed by atoms with Crippen molar-refractivity contribution >= 4 is 52.3 Å². The van der Waals surface area contributed by atoms with Crippen LogP contribution >= 0.6 is 23.5 Å². The Kier molecular flexibility index (Phi) is 22.2. The second kappa shape index (κ2) is 26.8. The number of aromatic nitrogens is 4. The van der Waals surface area contributed by atoms with Gasteiger partial charge in [-0.3, -0.25) is 27.7 Å². The molecule has 4 fully saturated rings. The molecular formula is C41H66N9O24P3. The van der Waals surface area contributed by atoms with E-state index in [1.807, 2.05) is 0 Å². The number of imidazole rings is 1. The molecule has 33 nitrogen and oxygen atoms in total. The highest BCUT2D eigenvalue weighted by atomic mass is 31.2. The summed E-state index contributed by atoms with van der Waals surface area (Å²) in [6.45, 7) is 13.3. The van der Waals surface area contributed by atoms with Gasteiger partial charge >= 0.3 is 23.5 Å². The molecule has 6 aliphatic heterocycles. The minimum absolute atomic E-state index is 0. The highest BCUT2D eigenvalue weighted by Gasteiger charge is 2.57. The van der Waals surface area contributed by atoms with Gasteiger partial charge in [0, 0.05) is 44.3 Å². The molecule has 12 atom stereocenters. The molecule has 0 saturated carbocycles. The maximum absolute atomic E-state index is 11.4. The Hall–Kier alpha value is -4.22. The zero-order valence-electron chi connectivity index (χ0n) is 40.9. The fourth-order valence-corrected chi connectivity index (χ4v) is 9.09. The predicted octanol–water partition coefficient (Wildman–Crippen LogP) is -1.47. The van der Waals surface area contributed by atoms with Gasteiger partial charge in [-0.15, -0.1) is 0 Å². The molecule has 8 heterocycles. The summed E-state index contributed by atoms with van der Waals surface area (Å²) in [4.78, 5) is 90.7. The monoisotopic (exact) mass is 1160 g/mol. The number of fused-ring (bicyclic) bond motifs is 2. The second-order valence-electron chi connectivity index (χ2n) is 17.7. The van der Waals surface area contributed by atoms with Crippen LogP contribution in [0.4, 0.5) is 5.82 Å². The molecule has 8 rings (SSSR count). The van der Waals surface area contributed by atoms with Gasteiger partial charge in [-0.2, -0.15) is 0 Å². The normalized spacial score (nSPS) is 29.8. The topological polar surface area (TPSA) is 457 Å². The molecule has 434 valence electrons. The van der Waals surface area contributed by atoms with Crippen LogP contribution in [0.5, 0.6) is 0 Å². The number of hydrogen-bond donors (Lipinski definition) is 13. The van der Waals surface area contributed by atoms with Crippen molar-refractivity contribution in [3.05, 3.63) is 62.0 Å². The lowest BCUT2D eigenvalue weighted by Gasteiger charge is -2.34. The number of aliphatic hydroxyl groups is 4. The summed E-state index contributed by atoms with van der Waals surface area (Å²) in [6.07, 6.45) is -1.66. The smallest absolute Gasteiger partial charge is 0.387 e. The number of nitrogens with one attached hydrogen (secondary N) is 3. The van der Waals surface area contributed by atoms with Crippen LogP contribution in [0, 0.1) is 0 Å². The Labute approximate surface area is 440 Å². The van der Waals surface area contributed by atoms with E-state index in [1.165, 1.54) is 46.7 Å². The first-order valence-corrected chi connectivity index (χ1v) is 27.7. The Morgan fingerprint density at radius 3 is 1.70 bits per heavy atom. The molecule has 0 spiro atoms. The third-order valence-corrected chi connectivity index (χ3v) is 13.0. The molecule has 2 aromatic heterocycles. The first-order valence-electron chi connectivity index (χ1n) is 23.1. The number of amides is 2. The van der Waals surface area contributed by atoms with Crippen molar-refractivity contribution in [3.8, 4) is 0 Å². The quantitative estimate of drug-likeness (QED) is 0.0531. The van der Waals surface area contributed by atoms with E-state index < -0.39 is 122 Å². The molecule has 13 N–H and O–H groups in total. The fraction of sp³-hybridized carbons (Fsp3) is 0.634. The number of nitrogens with zero attached hydrogens (tertiary/aromatic N) is 6. The van der Waals surface area contributed by atoms with Crippen LogP contribution in [-0.4, -0.2) is 204 Å². The van der Waals surface area contributed by atoms with Crippen molar-refractivity contribution in [2.75, 3.05) is 44.9 Å². The summed E-state index contributed by atoms with van der Waals surface area (Å²) in [7, 11) is -14.1. The number of unbranched alkanes of at least 4 members (excludes halogenated alkanes) is 1. The van der Waals surface area contributed by atoms with Crippen molar-refractivity contribution in [2.45, 2.75) is 127 Å². The highest BCUT2D eigenvalue weighted by Crippen LogP contribution is 2.44. The molecule has 0 radical (unpaired) electrons. The number of hydrogen-bond acceptors (Lipinski definition) is 24. The standard InChI is InChI=1S/C17H28N5O8P.C13H19N2O8P.C10H15N2O8P.CH4/c1-2-3-6-28-7-4-5-18-15-12-16(20-9-19-15)22(10-21-12)17-14(24)13(23)11(30-17)8-29-31(25,26)27;1-7-14-9(16)4-5-15(7)12-11-10(22-13(2,3)23-11)8(21-12)6-20-24(17,18)19;1-5-11-7(13)2-3-12(5)10-9(15)8(14)6(20-10)4-19-21(16,17)18;/h9-11,13-14,17,23-24H,2-8H2,1H3,(H,18,19,20)(H2,25,26,27);4-5,8,10-12H,1,6H2,2-3H3,(H,14,16)(H2,17,18,19);2-3,6,8-10,14-15H,1,4H2,(H,11,13)(H2,16,17,18);1H4/t11-,13-,14-,17-;8-,10-,11-,12-;6-,8-,9-,10-;/m111./s1. The first-order chi connectivity index (χ1) is 35.6. The van der Waals surface area contributed by atoms with Crippen LogP contribution in [0.15, 0.2) is 62.0 Å². The van der Waals surface area contributed by atoms with Crippen molar-refractivity contribution in [1.29, 1.82) is 0 Å². The van der Waals surface area contributed by atoms with Crippen LogP contribution in [0.3, 0.4) is 0 Å². The molecule has 0 aliphatic carbocycles. The van der Waals surface area contributed by atoms with Crippen LogP contribution in [-0.2, 0) is 65.3 Å². The van der Waals surface area contributed by atoms with Crippen molar-refractivity contribution in [2.24, 2.45) is 0 Å². The van der Waals surface area contributed by atoms with Crippen molar-refractivity contribution in [3.63, 3.8) is 0 Å². The van der Waals surface area contributed by atoms with Crippen LogP contribution in [0.25, 0.3) is 11.2 Å². The van der Waals surface area contributed by atoms with Gasteiger partial charge in [0.15, 0.2) is 41.5 Å². The average Bonchev–Trinajstić information content (AvgIpc) is 4.12. The molecule has 0 unspecified atom stereocenters. The molecule has 4 saturated heterocycles. The van der Waals surface area contributed by atoms with Gasteiger partial charge in [0.25, 0.3) is 11.8 Å². The Bertz CT molecular complexity index is 2580. The number of carbonyl (C=O) groups is 2. The molecular weight excluding hydrogens is 1100 g/mol. The van der Waals surface area contributed by atoms with Crippen molar-refractivity contribution in [1.82, 2.24) is 40.0 Å². The third-order valence-electron chi connectivity index (χ3n) is 11.5. The van der Waals surface area contributed by atoms with E-state index in [-0.39, 0.29) is 25.8 Å². The lowest BCUT2D eigenvalue weighted by Crippen LogP contribution is -2.46. The SMILES string of the molecule is C.C=C1NC(=O)C=CN1[C@@H]1O[C@H](COP(=O)(O)O)[C@@H](O)[C@H]1O.C=C1NC(=O)C=CN1[C@@H]1O[C@H](COP(=O)(O)O)[C@H]2OC(C)(C)O[C@H]21.CCCCOCCCNc1ncnc2c1ncn2[C@@H]1O[C@H](COP(=O)(O)O)[C@@H](O)[C@H]1O. The lowest BCUT2D eigenvalue weighted by atomic mass is 10.1. The zero-order valence-corrected chi connectivity index (χ0v) is 43.6. The van der Waals surface area contributed by atoms with E-state index >= 15 is 0 Å². The minimum atomic E-state index is -4.74. The fourth-order valence-electron chi connectivity index (χ4n) is 8.07. The first kappa shape index (κ1) is 63.6. The van der Waals surface area contributed by atoms with Gasteiger partial charge in [0.2, 0.25) is 0 Å². The molecule has 2 aromatic rings. The summed E-state index contributed by atoms with van der Waals surface area (Å²) < 4.78 is 81.0. The van der Waals surface area contributed by atoms with E-state index in [2.05, 4.69) is 64.6 Å². The van der Waals surface area contributed by atoms with Crippen molar-refractivity contribution < 1.29 is 115 Å². The zero-order chi connectivity index (χ0) is 55.9. The van der Waals surface area contributed by atoms with Gasteiger partial charge in [-0.25, -0.2) is 28.6 Å². The lowest BCUT2D eigenvalue weighted by molar-refractivity contribution is -0.202. The summed E-state index contributed by atoms with van der Waals surface area (Å²) in [5.41, 5.74) is 0.819. The number of carbonyl (C=O) groups excluding carboxylic acids is 2. The molecule has 2 amide bonds. The van der Waals surface area contributed by atoms with Gasteiger partial charge in [0.05, 0.1) is 26.1 Å². The predicted molar refractivity (Wildman–Crippen MR) is 260 cm³/mol. The average molecular weight is 1160 g/mol. The van der Waals surface area contributed by atoms with Gasteiger partial charge < -0.3 is 104 Å². The number of anilines is 1.